The minimum absolute atomic E-state index is 0.187. The summed E-state index contributed by atoms with van der Waals surface area (Å²) in [5.41, 5.74) is 3.88. The Labute approximate surface area is 226 Å². The number of amides is 2. The number of nitrogens with zero attached hydrogens (tertiary/aromatic N) is 1. The van der Waals surface area contributed by atoms with E-state index in [1.165, 1.54) is 0 Å². The number of fused-ring (bicyclic) bond motifs is 1. The Morgan fingerprint density at radius 2 is 1.61 bits per heavy atom. The number of halogens is 1. The van der Waals surface area contributed by atoms with E-state index in [0.29, 0.717) is 35.1 Å². The van der Waals surface area contributed by atoms with E-state index in [1.807, 2.05) is 60.7 Å². The number of para-hydroxylation sites is 2. The zero-order valence-corrected chi connectivity index (χ0v) is 21.4. The van der Waals surface area contributed by atoms with E-state index >= 15 is 0 Å². The Hall–Kier alpha value is -4.55. The predicted octanol–water partition coefficient (Wildman–Crippen LogP) is 6.25. The molecule has 0 aromatic heterocycles. The third-order valence-corrected chi connectivity index (χ3v) is 6.42. The lowest BCUT2D eigenvalue weighted by atomic mass is 10.1. The average molecular weight is 525 g/mol. The molecule has 1 heterocycles. The van der Waals surface area contributed by atoms with Crippen LogP contribution in [0.1, 0.15) is 27.0 Å². The van der Waals surface area contributed by atoms with Gasteiger partial charge in [-0.3, -0.25) is 14.5 Å². The average Bonchev–Trinajstić information content (AvgIpc) is 2.95. The number of hydrogen-bond acceptors (Lipinski definition) is 4. The van der Waals surface area contributed by atoms with Crippen LogP contribution in [0.5, 0.6) is 11.5 Å². The summed E-state index contributed by atoms with van der Waals surface area (Å²) in [7, 11) is 1.61. The van der Waals surface area contributed by atoms with Crippen molar-refractivity contribution in [3.8, 4) is 11.5 Å². The largest absolute Gasteiger partial charge is 0.497 e. The molecule has 0 aliphatic carbocycles. The fourth-order valence-electron chi connectivity index (χ4n) is 4.10. The van der Waals surface area contributed by atoms with Gasteiger partial charge in [-0.25, -0.2) is 0 Å². The second-order valence-corrected chi connectivity index (χ2v) is 9.19. The maximum Gasteiger partial charge on any atom is 0.294 e. The highest BCUT2D eigenvalue weighted by Gasteiger charge is 2.30. The summed E-state index contributed by atoms with van der Waals surface area (Å²) in [6.07, 6.45) is 1.69. The molecule has 6 nitrogen and oxygen atoms in total. The Morgan fingerprint density at radius 3 is 2.32 bits per heavy atom. The lowest BCUT2D eigenvalue weighted by Crippen LogP contribution is -2.36. The first-order valence-corrected chi connectivity index (χ1v) is 12.4. The number of rotatable bonds is 7. The zero-order chi connectivity index (χ0) is 26.5. The molecule has 4 aromatic carbocycles. The van der Waals surface area contributed by atoms with Gasteiger partial charge in [-0.05, 0) is 71.3 Å². The Morgan fingerprint density at radius 1 is 0.921 bits per heavy atom. The van der Waals surface area contributed by atoms with Gasteiger partial charge in [-0.15, -0.1) is 0 Å². The van der Waals surface area contributed by atoms with Gasteiger partial charge in [0.15, 0.2) is 11.5 Å². The molecule has 2 amide bonds. The molecule has 0 atom stereocenters. The van der Waals surface area contributed by atoms with Gasteiger partial charge in [0.1, 0.15) is 5.75 Å². The van der Waals surface area contributed by atoms with E-state index in [1.54, 1.807) is 54.5 Å². The Kier molecular flexibility index (Phi) is 7.43. The third-order valence-electron chi connectivity index (χ3n) is 6.17. The van der Waals surface area contributed by atoms with Crippen LogP contribution in [-0.4, -0.2) is 18.9 Å². The van der Waals surface area contributed by atoms with Crippen molar-refractivity contribution in [1.29, 1.82) is 0 Å². The quantitative estimate of drug-likeness (QED) is 0.290. The van der Waals surface area contributed by atoms with E-state index in [9.17, 15) is 9.59 Å². The molecule has 0 saturated heterocycles. The number of hydrogen-bond donors (Lipinski definition) is 1. The molecule has 1 aliphatic rings. The fourth-order valence-corrected chi connectivity index (χ4v) is 4.23. The number of carbonyl (C=O) groups is 2. The van der Waals surface area contributed by atoms with Crippen LogP contribution in [0.4, 0.5) is 5.69 Å². The molecule has 190 valence electrons. The first-order chi connectivity index (χ1) is 18.5. The van der Waals surface area contributed by atoms with Gasteiger partial charge in [-0.2, -0.15) is 0 Å². The molecular formula is C31H25ClN2O4. The summed E-state index contributed by atoms with van der Waals surface area (Å²) < 4.78 is 11.1. The monoisotopic (exact) mass is 524 g/mol. The smallest absolute Gasteiger partial charge is 0.294 e. The van der Waals surface area contributed by atoms with Crippen molar-refractivity contribution in [2.45, 2.75) is 13.1 Å². The van der Waals surface area contributed by atoms with Gasteiger partial charge in [0, 0.05) is 17.1 Å². The molecule has 1 aliphatic heterocycles. The summed E-state index contributed by atoms with van der Waals surface area (Å²) >= 11 is 6.03. The van der Waals surface area contributed by atoms with Gasteiger partial charge in [0.05, 0.1) is 19.3 Å². The highest BCUT2D eigenvalue weighted by Crippen LogP contribution is 2.36. The molecule has 1 N–H and O–H groups in total. The molecule has 38 heavy (non-hydrogen) atoms. The van der Waals surface area contributed by atoms with Crippen LogP contribution >= 0.6 is 11.6 Å². The molecule has 7 heteroatoms. The SMILES string of the molecule is COc1ccc(CNC(=O)c2ccc(/C=C3\Oc4ccccc4N(Cc4ccc(Cl)cc4)C3=O)cc2)cc1. The van der Waals surface area contributed by atoms with Crippen LogP contribution in [0.3, 0.4) is 0 Å². The lowest BCUT2D eigenvalue weighted by Gasteiger charge is -2.30. The maximum absolute atomic E-state index is 13.4. The summed E-state index contributed by atoms with van der Waals surface area (Å²) in [5.74, 6) is 1.13. The first-order valence-electron chi connectivity index (χ1n) is 12.1. The van der Waals surface area contributed by atoms with Crippen molar-refractivity contribution < 1.29 is 19.1 Å². The number of anilines is 1. The van der Waals surface area contributed by atoms with Gasteiger partial charge >= 0.3 is 0 Å². The summed E-state index contributed by atoms with van der Waals surface area (Å²) in [5, 5.41) is 3.55. The number of ether oxygens (including phenoxy) is 2. The highest BCUT2D eigenvalue weighted by molar-refractivity contribution is 6.30. The molecular weight excluding hydrogens is 500 g/mol. The molecule has 0 unspecified atom stereocenters. The number of benzene rings is 4. The van der Waals surface area contributed by atoms with Gasteiger partial charge in [0.2, 0.25) is 0 Å². The van der Waals surface area contributed by atoms with Crippen LogP contribution in [0, 0.1) is 0 Å². The van der Waals surface area contributed by atoms with E-state index < -0.39 is 0 Å². The van der Waals surface area contributed by atoms with Crippen LogP contribution in [-0.2, 0) is 17.9 Å². The summed E-state index contributed by atoms with van der Waals surface area (Å²) in [6.45, 7) is 0.779. The second kappa shape index (κ2) is 11.2. The van der Waals surface area contributed by atoms with Crippen LogP contribution in [0.15, 0.2) is 103 Å². The lowest BCUT2D eigenvalue weighted by molar-refractivity contribution is -0.117. The van der Waals surface area contributed by atoms with Crippen molar-refractivity contribution in [3.63, 3.8) is 0 Å². The first kappa shape index (κ1) is 25.1. The molecule has 0 saturated carbocycles. The van der Waals surface area contributed by atoms with E-state index in [4.69, 9.17) is 21.1 Å². The van der Waals surface area contributed by atoms with E-state index in [-0.39, 0.29) is 17.6 Å². The van der Waals surface area contributed by atoms with Crippen molar-refractivity contribution in [2.75, 3.05) is 12.0 Å². The molecule has 5 rings (SSSR count). The van der Waals surface area contributed by atoms with Crippen molar-refractivity contribution in [3.05, 3.63) is 130 Å². The maximum atomic E-state index is 13.4. The van der Waals surface area contributed by atoms with Crippen LogP contribution < -0.4 is 19.7 Å². The van der Waals surface area contributed by atoms with E-state index in [2.05, 4.69) is 5.32 Å². The topological polar surface area (TPSA) is 67.9 Å². The van der Waals surface area contributed by atoms with Crippen LogP contribution in [0.2, 0.25) is 5.02 Å². The van der Waals surface area contributed by atoms with Gasteiger partial charge < -0.3 is 14.8 Å². The van der Waals surface area contributed by atoms with E-state index in [0.717, 1.165) is 22.4 Å². The third kappa shape index (κ3) is 5.71. The second-order valence-electron chi connectivity index (χ2n) is 8.75. The summed E-state index contributed by atoms with van der Waals surface area (Å²) in [4.78, 5) is 27.7. The molecule has 0 fully saturated rings. The Bertz CT molecular complexity index is 1480. The highest BCUT2D eigenvalue weighted by atomic mass is 35.5. The van der Waals surface area contributed by atoms with Gasteiger partial charge in [-0.1, -0.05) is 60.1 Å². The minimum atomic E-state index is -0.250. The minimum Gasteiger partial charge on any atom is -0.497 e. The Balaban J connectivity index is 1.30. The summed E-state index contributed by atoms with van der Waals surface area (Å²) in [6, 6.07) is 29.4. The molecule has 0 bridgehead atoms. The number of carbonyl (C=O) groups excluding carboxylic acids is 2. The van der Waals surface area contributed by atoms with Gasteiger partial charge in [0.25, 0.3) is 11.8 Å². The van der Waals surface area contributed by atoms with Crippen molar-refractivity contribution in [1.82, 2.24) is 5.32 Å². The van der Waals surface area contributed by atoms with Crippen LogP contribution in [0.25, 0.3) is 6.08 Å². The standard InChI is InChI=1S/C31H25ClN2O4/c1-37-26-16-10-22(11-17-26)19-33-30(35)24-12-6-21(7-13-24)18-29-31(36)34(20-23-8-14-25(32)15-9-23)27-4-2-3-5-28(27)38-29/h2-18H,19-20H2,1H3,(H,33,35)/b29-18-. The number of methoxy groups -OCH3 is 1. The molecule has 0 spiro atoms. The number of nitrogens with one attached hydrogen (secondary N) is 1. The molecule has 4 aromatic rings. The predicted molar refractivity (Wildman–Crippen MR) is 148 cm³/mol. The molecule has 0 radical (unpaired) electrons. The zero-order valence-electron chi connectivity index (χ0n) is 20.7. The van der Waals surface area contributed by atoms with Crippen molar-refractivity contribution in [2.24, 2.45) is 0 Å². The van der Waals surface area contributed by atoms with Crippen molar-refractivity contribution >= 4 is 35.2 Å². The fraction of sp³-hybridized carbons (Fsp3) is 0.0968. The normalized spacial score (nSPS) is 13.6.